The quantitative estimate of drug-likeness (QED) is 0.732. The van der Waals surface area contributed by atoms with Gasteiger partial charge in [-0.05, 0) is 18.2 Å². The highest BCUT2D eigenvalue weighted by Crippen LogP contribution is 2.17. The fraction of sp³-hybridized carbons (Fsp3) is 0. The van der Waals surface area contributed by atoms with Gasteiger partial charge in [0.1, 0.15) is 5.69 Å². The van der Waals surface area contributed by atoms with Crippen molar-refractivity contribution in [2.75, 3.05) is 0 Å². The third-order valence-corrected chi connectivity index (χ3v) is 1.98. The molecule has 0 aliphatic carbocycles. The maximum absolute atomic E-state index is 10.9. The molecule has 0 radical (unpaired) electrons. The molecular formula is C9H6N2O4. The van der Waals surface area contributed by atoms with Crippen molar-refractivity contribution in [1.82, 2.24) is 9.55 Å². The first kappa shape index (κ1) is 9.20. The lowest BCUT2D eigenvalue weighted by atomic mass is 10.4. The number of aromatic carboxylic acids is 1. The second-order valence-electron chi connectivity index (χ2n) is 2.86. The Kier molecular flexibility index (Phi) is 1.89. The Morgan fingerprint density at radius 3 is 2.67 bits per heavy atom. The fourth-order valence-electron chi connectivity index (χ4n) is 1.40. The van der Waals surface area contributed by atoms with Gasteiger partial charge < -0.3 is 10.2 Å². The normalized spacial score (nSPS) is 10.4. The van der Waals surface area contributed by atoms with Crippen LogP contribution in [0.1, 0.15) is 10.5 Å². The number of fused-ring (bicyclic) bond motifs is 1. The molecule has 0 aliphatic heterocycles. The van der Waals surface area contributed by atoms with Crippen molar-refractivity contribution in [3.05, 3.63) is 30.1 Å². The van der Waals surface area contributed by atoms with Crippen LogP contribution in [0.5, 0.6) is 0 Å². The van der Waals surface area contributed by atoms with Crippen molar-refractivity contribution in [3.63, 3.8) is 0 Å². The van der Waals surface area contributed by atoms with Gasteiger partial charge in [0.2, 0.25) is 0 Å². The third kappa shape index (κ3) is 1.32. The SMILES string of the molecule is O=C(O)c1cc2ncccc2n1C(=O)O. The summed E-state index contributed by atoms with van der Waals surface area (Å²) in [6.45, 7) is 0. The molecule has 6 heteroatoms. The molecule has 15 heavy (non-hydrogen) atoms. The Morgan fingerprint density at radius 1 is 1.33 bits per heavy atom. The van der Waals surface area contributed by atoms with E-state index in [-0.39, 0.29) is 11.2 Å². The predicted octanol–water partition coefficient (Wildman–Crippen LogP) is 1.26. The maximum atomic E-state index is 10.9. The van der Waals surface area contributed by atoms with Gasteiger partial charge in [-0.1, -0.05) is 0 Å². The summed E-state index contributed by atoms with van der Waals surface area (Å²) < 4.78 is 0.699. The minimum Gasteiger partial charge on any atom is -0.477 e. The molecule has 0 fully saturated rings. The van der Waals surface area contributed by atoms with E-state index in [9.17, 15) is 9.59 Å². The standard InChI is InChI=1S/C9H6N2O4/c12-8(13)7-4-5-6(2-1-3-10-5)11(7)9(14)15/h1-4H,(H,12,13)(H,14,15). The number of hydrogen-bond acceptors (Lipinski definition) is 3. The summed E-state index contributed by atoms with van der Waals surface area (Å²) in [5.74, 6) is -1.30. The van der Waals surface area contributed by atoms with E-state index in [4.69, 9.17) is 10.2 Å². The second-order valence-corrected chi connectivity index (χ2v) is 2.86. The van der Waals surface area contributed by atoms with Crippen molar-refractivity contribution < 1.29 is 19.8 Å². The molecular weight excluding hydrogens is 200 g/mol. The Balaban J connectivity index is 2.86. The third-order valence-electron chi connectivity index (χ3n) is 1.98. The minimum absolute atomic E-state index is 0.266. The zero-order chi connectivity index (χ0) is 11.0. The molecule has 0 bridgehead atoms. The summed E-state index contributed by atoms with van der Waals surface area (Å²) in [5.41, 5.74) is 0.302. The highest BCUT2D eigenvalue weighted by molar-refractivity contribution is 5.99. The van der Waals surface area contributed by atoms with E-state index >= 15 is 0 Å². The van der Waals surface area contributed by atoms with Crippen LogP contribution in [-0.4, -0.2) is 31.8 Å². The van der Waals surface area contributed by atoms with Gasteiger partial charge in [-0.15, -0.1) is 0 Å². The van der Waals surface area contributed by atoms with Crippen molar-refractivity contribution in [1.29, 1.82) is 0 Å². The van der Waals surface area contributed by atoms with Gasteiger partial charge in [-0.2, -0.15) is 0 Å². The number of carboxylic acid groups (broad SMARTS) is 2. The molecule has 2 aromatic rings. The fourth-order valence-corrected chi connectivity index (χ4v) is 1.40. The lowest BCUT2D eigenvalue weighted by Gasteiger charge is -1.99. The van der Waals surface area contributed by atoms with Crippen LogP contribution in [-0.2, 0) is 0 Å². The first-order valence-corrected chi connectivity index (χ1v) is 4.04. The van der Waals surface area contributed by atoms with Gasteiger partial charge in [0.05, 0.1) is 11.0 Å². The topological polar surface area (TPSA) is 92.4 Å². The molecule has 2 aromatic heterocycles. The highest BCUT2D eigenvalue weighted by atomic mass is 16.4. The molecule has 0 spiro atoms. The monoisotopic (exact) mass is 206 g/mol. The molecule has 0 aromatic carbocycles. The van der Waals surface area contributed by atoms with Gasteiger partial charge >= 0.3 is 12.1 Å². The molecule has 2 rings (SSSR count). The second kappa shape index (κ2) is 3.09. The zero-order valence-corrected chi connectivity index (χ0v) is 7.41. The van der Waals surface area contributed by atoms with Crippen LogP contribution in [0.3, 0.4) is 0 Å². The predicted molar refractivity (Wildman–Crippen MR) is 50.1 cm³/mol. The van der Waals surface area contributed by atoms with Crippen molar-refractivity contribution in [2.24, 2.45) is 0 Å². The molecule has 6 nitrogen and oxygen atoms in total. The van der Waals surface area contributed by atoms with E-state index in [1.54, 1.807) is 6.07 Å². The van der Waals surface area contributed by atoms with Crippen LogP contribution < -0.4 is 0 Å². The van der Waals surface area contributed by atoms with Crippen molar-refractivity contribution in [2.45, 2.75) is 0 Å². The first-order valence-electron chi connectivity index (χ1n) is 4.04. The van der Waals surface area contributed by atoms with Crippen LogP contribution in [0.2, 0.25) is 0 Å². The van der Waals surface area contributed by atoms with Gasteiger partial charge in [0, 0.05) is 6.20 Å². The zero-order valence-electron chi connectivity index (χ0n) is 7.41. The Hall–Kier alpha value is -2.37. The highest BCUT2D eigenvalue weighted by Gasteiger charge is 2.19. The number of rotatable bonds is 1. The number of nitrogens with zero attached hydrogens (tertiary/aromatic N) is 2. The average molecular weight is 206 g/mol. The smallest absolute Gasteiger partial charge is 0.416 e. The molecule has 0 amide bonds. The summed E-state index contributed by atoms with van der Waals surface area (Å²) in [6, 6.07) is 4.28. The molecule has 0 saturated heterocycles. The van der Waals surface area contributed by atoms with E-state index in [0.29, 0.717) is 10.1 Å². The minimum atomic E-state index is -1.34. The van der Waals surface area contributed by atoms with E-state index in [0.717, 1.165) is 0 Å². The number of pyridine rings is 1. The van der Waals surface area contributed by atoms with Gasteiger partial charge in [0.15, 0.2) is 0 Å². The number of carboxylic acids is 1. The molecule has 2 heterocycles. The Bertz CT molecular complexity index is 558. The van der Waals surface area contributed by atoms with E-state index in [1.165, 1.54) is 18.3 Å². The average Bonchev–Trinajstić information content (AvgIpc) is 2.56. The number of aromatic nitrogens is 2. The van der Waals surface area contributed by atoms with Crippen LogP contribution in [0.15, 0.2) is 24.4 Å². The molecule has 0 saturated carbocycles. The lowest BCUT2D eigenvalue weighted by Crippen LogP contribution is -2.14. The van der Waals surface area contributed by atoms with E-state index < -0.39 is 12.1 Å². The maximum Gasteiger partial charge on any atom is 0.416 e. The molecule has 0 atom stereocenters. The summed E-state index contributed by atoms with van der Waals surface area (Å²) in [6.07, 6.45) is 0.135. The van der Waals surface area contributed by atoms with Crippen molar-refractivity contribution >= 4 is 23.1 Å². The van der Waals surface area contributed by atoms with Gasteiger partial charge in [-0.3, -0.25) is 4.98 Å². The van der Waals surface area contributed by atoms with Crippen LogP contribution in [0.25, 0.3) is 11.0 Å². The summed E-state index contributed by atoms with van der Waals surface area (Å²) in [4.78, 5) is 25.5. The van der Waals surface area contributed by atoms with Gasteiger partial charge in [-0.25, -0.2) is 14.2 Å². The van der Waals surface area contributed by atoms with Gasteiger partial charge in [0.25, 0.3) is 0 Å². The first-order chi connectivity index (χ1) is 7.11. The Morgan fingerprint density at radius 2 is 2.07 bits per heavy atom. The molecule has 2 N–H and O–H groups in total. The molecule has 76 valence electrons. The van der Waals surface area contributed by atoms with Crippen LogP contribution >= 0.6 is 0 Å². The van der Waals surface area contributed by atoms with E-state index in [1.807, 2.05) is 0 Å². The van der Waals surface area contributed by atoms with Crippen LogP contribution in [0, 0.1) is 0 Å². The Labute approximate surface area is 83.4 Å². The molecule has 0 aliphatic rings. The van der Waals surface area contributed by atoms with E-state index in [2.05, 4.69) is 4.98 Å². The lowest BCUT2D eigenvalue weighted by molar-refractivity contribution is 0.0684. The van der Waals surface area contributed by atoms with Crippen molar-refractivity contribution in [3.8, 4) is 0 Å². The van der Waals surface area contributed by atoms with Crippen LogP contribution in [0.4, 0.5) is 4.79 Å². The summed E-state index contributed by atoms with van der Waals surface area (Å²) in [5, 5.41) is 17.7. The summed E-state index contributed by atoms with van der Waals surface area (Å²) in [7, 11) is 0. The number of hydrogen-bond donors (Lipinski definition) is 2. The number of carbonyl (C=O) groups is 2. The molecule has 0 unspecified atom stereocenters. The summed E-state index contributed by atoms with van der Waals surface area (Å²) >= 11 is 0. The largest absolute Gasteiger partial charge is 0.477 e.